The number of amides is 1. The summed E-state index contributed by atoms with van der Waals surface area (Å²) in [6, 6.07) is 19.2. The predicted octanol–water partition coefficient (Wildman–Crippen LogP) is 6.16. The Morgan fingerprint density at radius 3 is 2.27 bits per heavy atom. The molecule has 0 unspecified atom stereocenters. The second-order valence-corrected chi connectivity index (χ2v) is 8.39. The molecule has 0 aliphatic rings. The summed E-state index contributed by atoms with van der Waals surface area (Å²) in [6.07, 6.45) is 0. The van der Waals surface area contributed by atoms with Crippen LogP contribution in [0.4, 0.5) is 11.4 Å². The topological polar surface area (TPSA) is 59.6 Å². The molecule has 0 saturated heterocycles. The third-order valence-electron chi connectivity index (χ3n) is 4.38. The van der Waals surface area contributed by atoms with E-state index in [1.54, 1.807) is 13.2 Å². The highest BCUT2D eigenvalue weighted by molar-refractivity contribution is 9.10. The Labute approximate surface area is 193 Å². The molecule has 30 heavy (non-hydrogen) atoms. The monoisotopic (exact) mass is 532 g/mol. The SMILES string of the molecule is COc1ccc(Br)c(CNc2ccc(Br)cc2)c1OCC(=O)Nc1ccc(C)cc1. The lowest BCUT2D eigenvalue weighted by Crippen LogP contribution is -2.21. The van der Waals surface area contributed by atoms with E-state index in [4.69, 9.17) is 9.47 Å². The van der Waals surface area contributed by atoms with Gasteiger partial charge in [0.25, 0.3) is 5.91 Å². The minimum Gasteiger partial charge on any atom is -0.493 e. The van der Waals surface area contributed by atoms with Crippen LogP contribution in [-0.2, 0) is 11.3 Å². The molecule has 0 spiro atoms. The Bertz CT molecular complexity index is 1010. The molecule has 0 aliphatic carbocycles. The molecule has 0 aliphatic heterocycles. The molecule has 0 saturated carbocycles. The molecule has 7 heteroatoms. The van der Waals surface area contributed by atoms with E-state index in [0.717, 1.165) is 31.4 Å². The summed E-state index contributed by atoms with van der Waals surface area (Å²) >= 11 is 7.01. The van der Waals surface area contributed by atoms with Crippen LogP contribution in [0.15, 0.2) is 69.6 Å². The molecule has 3 rings (SSSR count). The summed E-state index contributed by atoms with van der Waals surface area (Å²) in [5, 5.41) is 6.20. The van der Waals surface area contributed by atoms with Crippen LogP contribution in [0.5, 0.6) is 11.5 Å². The van der Waals surface area contributed by atoms with Crippen molar-refractivity contribution in [3.05, 3.63) is 80.7 Å². The summed E-state index contributed by atoms with van der Waals surface area (Å²) in [7, 11) is 1.58. The maximum Gasteiger partial charge on any atom is 0.262 e. The summed E-state index contributed by atoms with van der Waals surface area (Å²) in [6.45, 7) is 2.36. The minimum absolute atomic E-state index is 0.133. The van der Waals surface area contributed by atoms with Gasteiger partial charge >= 0.3 is 0 Å². The first-order chi connectivity index (χ1) is 14.5. The van der Waals surface area contributed by atoms with Crippen LogP contribution in [0.1, 0.15) is 11.1 Å². The van der Waals surface area contributed by atoms with Gasteiger partial charge in [-0.3, -0.25) is 4.79 Å². The Morgan fingerprint density at radius 1 is 0.933 bits per heavy atom. The fraction of sp³-hybridized carbons (Fsp3) is 0.174. The zero-order chi connectivity index (χ0) is 21.5. The lowest BCUT2D eigenvalue weighted by molar-refractivity contribution is -0.118. The second-order valence-electron chi connectivity index (χ2n) is 6.62. The van der Waals surface area contributed by atoms with Gasteiger partial charge in [0.1, 0.15) is 0 Å². The molecule has 0 bridgehead atoms. The highest BCUT2D eigenvalue weighted by Crippen LogP contribution is 2.37. The number of rotatable bonds is 8. The van der Waals surface area contributed by atoms with Gasteiger partial charge in [0.15, 0.2) is 18.1 Å². The molecule has 3 aromatic carbocycles. The van der Waals surface area contributed by atoms with Gasteiger partial charge in [0.2, 0.25) is 0 Å². The van der Waals surface area contributed by atoms with Crippen molar-refractivity contribution in [2.75, 3.05) is 24.4 Å². The highest BCUT2D eigenvalue weighted by Gasteiger charge is 2.16. The molecule has 0 atom stereocenters. The summed E-state index contributed by atoms with van der Waals surface area (Å²) in [5.41, 5.74) is 3.69. The number of methoxy groups -OCH3 is 1. The number of hydrogen-bond donors (Lipinski definition) is 2. The summed E-state index contributed by atoms with van der Waals surface area (Å²) in [5.74, 6) is 0.845. The van der Waals surface area contributed by atoms with E-state index < -0.39 is 0 Å². The van der Waals surface area contributed by atoms with Gasteiger partial charge in [-0.25, -0.2) is 0 Å². The first-order valence-corrected chi connectivity index (χ1v) is 10.9. The third kappa shape index (κ3) is 6.00. The van der Waals surface area contributed by atoms with E-state index in [1.807, 2.05) is 61.5 Å². The Hall–Kier alpha value is -2.51. The molecule has 0 heterocycles. The van der Waals surface area contributed by atoms with Gasteiger partial charge in [-0.1, -0.05) is 49.6 Å². The first-order valence-electron chi connectivity index (χ1n) is 9.30. The zero-order valence-electron chi connectivity index (χ0n) is 16.7. The fourth-order valence-corrected chi connectivity index (χ4v) is 3.51. The average Bonchev–Trinajstić information content (AvgIpc) is 2.74. The Kier molecular flexibility index (Phi) is 7.76. The number of aryl methyl sites for hydroxylation is 1. The van der Waals surface area contributed by atoms with E-state index in [-0.39, 0.29) is 12.5 Å². The molecule has 156 valence electrons. The molecule has 0 aromatic heterocycles. The van der Waals surface area contributed by atoms with E-state index >= 15 is 0 Å². The van der Waals surface area contributed by atoms with E-state index in [0.29, 0.717) is 18.0 Å². The second kappa shape index (κ2) is 10.5. The van der Waals surface area contributed by atoms with Gasteiger partial charge in [-0.2, -0.15) is 0 Å². The number of carbonyl (C=O) groups is 1. The number of carbonyl (C=O) groups excluding carboxylic acids is 1. The largest absolute Gasteiger partial charge is 0.493 e. The van der Waals surface area contributed by atoms with Gasteiger partial charge < -0.3 is 20.1 Å². The summed E-state index contributed by atoms with van der Waals surface area (Å²) < 4.78 is 13.2. The van der Waals surface area contributed by atoms with Crippen molar-refractivity contribution in [3.63, 3.8) is 0 Å². The van der Waals surface area contributed by atoms with E-state index in [2.05, 4.69) is 42.5 Å². The first kappa shape index (κ1) is 22.2. The molecule has 3 aromatic rings. The maximum absolute atomic E-state index is 12.4. The Balaban J connectivity index is 1.71. The van der Waals surface area contributed by atoms with Crippen molar-refractivity contribution in [1.82, 2.24) is 0 Å². The number of nitrogens with one attached hydrogen (secondary N) is 2. The lowest BCUT2D eigenvalue weighted by Gasteiger charge is -2.17. The quantitative estimate of drug-likeness (QED) is 0.364. The minimum atomic E-state index is -0.243. The standard InChI is InChI=1S/C23H22Br2N2O3/c1-15-3-7-18(8-4-15)27-22(28)14-30-23-19(20(25)11-12-21(23)29-2)13-26-17-9-5-16(24)6-10-17/h3-12,26H,13-14H2,1-2H3,(H,27,28). The molecule has 1 amide bonds. The van der Waals surface area contributed by atoms with E-state index in [9.17, 15) is 4.79 Å². The van der Waals surface area contributed by atoms with Crippen molar-refractivity contribution in [3.8, 4) is 11.5 Å². The van der Waals surface area contributed by atoms with Gasteiger partial charge in [-0.05, 0) is 55.5 Å². The summed E-state index contributed by atoms with van der Waals surface area (Å²) in [4.78, 5) is 12.4. The van der Waals surface area contributed by atoms with Crippen molar-refractivity contribution in [2.24, 2.45) is 0 Å². The normalized spacial score (nSPS) is 10.4. The average molecular weight is 534 g/mol. The smallest absolute Gasteiger partial charge is 0.262 e. The molecular formula is C23H22Br2N2O3. The predicted molar refractivity (Wildman–Crippen MR) is 127 cm³/mol. The van der Waals surface area contributed by atoms with E-state index in [1.165, 1.54) is 0 Å². The fourth-order valence-electron chi connectivity index (χ4n) is 2.80. The molecule has 0 radical (unpaired) electrons. The number of hydrogen-bond acceptors (Lipinski definition) is 4. The number of benzene rings is 3. The van der Waals surface area contributed by atoms with Crippen LogP contribution in [-0.4, -0.2) is 19.6 Å². The van der Waals surface area contributed by atoms with Crippen LogP contribution in [0.25, 0.3) is 0 Å². The lowest BCUT2D eigenvalue weighted by atomic mass is 10.1. The highest BCUT2D eigenvalue weighted by atomic mass is 79.9. The molecule has 5 nitrogen and oxygen atoms in total. The van der Waals surface area contributed by atoms with Crippen molar-refractivity contribution in [2.45, 2.75) is 13.5 Å². The number of anilines is 2. The van der Waals surface area contributed by atoms with Crippen LogP contribution >= 0.6 is 31.9 Å². The van der Waals surface area contributed by atoms with Crippen LogP contribution in [0.3, 0.4) is 0 Å². The molecule has 2 N–H and O–H groups in total. The zero-order valence-corrected chi connectivity index (χ0v) is 19.8. The van der Waals surface area contributed by atoms with Gasteiger partial charge in [0.05, 0.1) is 7.11 Å². The number of halogens is 2. The maximum atomic E-state index is 12.4. The number of ether oxygens (including phenoxy) is 2. The molecular weight excluding hydrogens is 512 g/mol. The van der Waals surface area contributed by atoms with Crippen LogP contribution in [0.2, 0.25) is 0 Å². The van der Waals surface area contributed by atoms with Crippen LogP contribution < -0.4 is 20.1 Å². The third-order valence-corrected chi connectivity index (χ3v) is 5.66. The van der Waals surface area contributed by atoms with Crippen molar-refractivity contribution >= 4 is 49.1 Å². The molecule has 0 fully saturated rings. The van der Waals surface area contributed by atoms with Crippen LogP contribution in [0, 0.1) is 6.92 Å². The van der Waals surface area contributed by atoms with Gasteiger partial charge in [0, 0.05) is 32.4 Å². The van der Waals surface area contributed by atoms with Crippen molar-refractivity contribution < 1.29 is 14.3 Å². The Morgan fingerprint density at radius 2 is 1.60 bits per heavy atom. The van der Waals surface area contributed by atoms with Crippen molar-refractivity contribution in [1.29, 1.82) is 0 Å². The van der Waals surface area contributed by atoms with Gasteiger partial charge in [-0.15, -0.1) is 0 Å².